The van der Waals surface area contributed by atoms with Crippen molar-refractivity contribution in [3.63, 3.8) is 0 Å². The van der Waals surface area contributed by atoms with E-state index in [0.29, 0.717) is 18.9 Å². The molecule has 9 nitrogen and oxygen atoms in total. The van der Waals surface area contributed by atoms with Crippen LogP contribution in [0.2, 0.25) is 0 Å². The number of amides is 1. The average molecular weight is 551 g/mol. The van der Waals surface area contributed by atoms with Crippen LogP contribution in [0.25, 0.3) is 10.4 Å². The molecule has 0 radical (unpaired) electrons. The third-order valence-corrected chi connectivity index (χ3v) is 9.63. The molecule has 2 aliphatic carbocycles. The van der Waals surface area contributed by atoms with Gasteiger partial charge < -0.3 is 15.5 Å². The topological polar surface area (TPSA) is 116 Å². The second-order valence-electron chi connectivity index (χ2n) is 11.5. The molecule has 1 aliphatic heterocycles. The molecule has 1 unspecified atom stereocenters. The number of benzene rings is 1. The molecule has 0 bridgehead atoms. The van der Waals surface area contributed by atoms with Gasteiger partial charge in [-0.25, -0.2) is 9.67 Å². The second kappa shape index (κ2) is 11.4. The number of carbonyl (C=O) groups excluding carboxylic acids is 1. The molecule has 1 amide bonds. The van der Waals surface area contributed by atoms with Crippen molar-refractivity contribution >= 4 is 17.2 Å². The predicted molar refractivity (Wildman–Crippen MR) is 149 cm³/mol. The Morgan fingerprint density at radius 3 is 2.62 bits per heavy atom. The monoisotopic (exact) mass is 550 g/mol. The molecule has 0 spiro atoms. The molecule has 6 rings (SSSR count). The van der Waals surface area contributed by atoms with Gasteiger partial charge in [-0.05, 0) is 56.1 Å². The fourth-order valence-electron chi connectivity index (χ4n) is 6.32. The average Bonchev–Trinajstić information content (AvgIpc) is 3.32. The molecule has 3 heterocycles. The van der Waals surface area contributed by atoms with Crippen LogP contribution in [-0.2, 0) is 11.3 Å². The number of aliphatic hydroxyl groups excluding tert-OH is 2. The standard InChI is InChI=1S/C29H38N6O3S/c1-18-27(39-17-31-18)22-9-7-19(8-10-22)14-30-28(37)25-13-23(36)15-34(25)29(38)26(21-5-3-2-4-6-21)35-16-24(32-33-35)20-11-12-20/h7-10,16-17,20-21,23,25-26,29,36,38H,2-6,11-15H2,1H3,(H,30,37)/t23-,25+,26+,29?/m1/s1. The highest BCUT2D eigenvalue weighted by atomic mass is 32.1. The van der Waals surface area contributed by atoms with Crippen molar-refractivity contribution in [1.82, 2.24) is 30.2 Å². The highest BCUT2D eigenvalue weighted by Crippen LogP contribution is 2.41. The quantitative estimate of drug-likeness (QED) is 0.371. The van der Waals surface area contributed by atoms with Crippen LogP contribution in [0.1, 0.15) is 80.3 Å². The van der Waals surface area contributed by atoms with Crippen LogP contribution in [0.3, 0.4) is 0 Å². The van der Waals surface area contributed by atoms with Crippen molar-refractivity contribution in [3.8, 4) is 10.4 Å². The molecule has 3 fully saturated rings. The normalized spacial score (nSPS) is 24.1. The minimum absolute atomic E-state index is 0.173. The summed E-state index contributed by atoms with van der Waals surface area (Å²) in [7, 11) is 0. The fourth-order valence-corrected chi connectivity index (χ4v) is 7.13. The lowest BCUT2D eigenvalue weighted by Gasteiger charge is -2.38. The van der Waals surface area contributed by atoms with Gasteiger partial charge in [0.1, 0.15) is 6.23 Å². The summed E-state index contributed by atoms with van der Waals surface area (Å²) in [5.74, 6) is 0.562. The van der Waals surface area contributed by atoms with E-state index in [2.05, 4.69) is 32.7 Å². The lowest BCUT2D eigenvalue weighted by Crippen LogP contribution is -2.52. The van der Waals surface area contributed by atoms with Crippen LogP contribution in [0, 0.1) is 12.8 Å². The third-order valence-electron chi connectivity index (χ3n) is 8.66. The molecular weight excluding hydrogens is 512 g/mol. The van der Waals surface area contributed by atoms with Crippen molar-refractivity contribution in [2.45, 2.75) is 95.2 Å². The maximum Gasteiger partial charge on any atom is 0.237 e. The zero-order chi connectivity index (χ0) is 26.9. The zero-order valence-corrected chi connectivity index (χ0v) is 23.3. The van der Waals surface area contributed by atoms with Gasteiger partial charge in [0.15, 0.2) is 0 Å². The van der Waals surface area contributed by atoms with E-state index in [-0.39, 0.29) is 24.4 Å². The van der Waals surface area contributed by atoms with Crippen molar-refractivity contribution < 1.29 is 15.0 Å². The third kappa shape index (κ3) is 5.79. The van der Waals surface area contributed by atoms with E-state index < -0.39 is 18.4 Å². The van der Waals surface area contributed by atoms with Crippen LogP contribution in [0.4, 0.5) is 0 Å². The van der Waals surface area contributed by atoms with Crippen LogP contribution < -0.4 is 5.32 Å². The maximum absolute atomic E-state index is 13.4. The molecule has 3 aliphatic rings. The number of thiazole rings is 1. The van der Waals surface area contributed by atoms with Gasteiger partial charge in [-0.2, -0.15) is 0 Å². The number of hydrogen-bond donors (Lipinski definition) is 3. The Hall–Kier alpha value is -2.66. The Kier molecular flexibility index (Phi) is 7.79. The lowest BCUT2D eigenvalue weighted by molar-refractivity contribution is -0.133. The molecule has 3 aromatic rings. The van der Waals surface area contributed by atoms with Crippen molar-refractivity contribution in [1.29, 1.82) is 0 Å². The van der Waals surface area contributed by atoms with Crippen molar-refractivity contribution in [2.24, 2.45) is 5.92 Å². The highest BCUT2D eigenvalue weighted by molar-refractivity contribution is 7.13. The van der Waals surface area contributed by atoms with Gasteiger partial charge in [-0.3, -0.25) is 9.69 Å². The predicted octanol–water partition coefficient (Wildman–Crippen LogP) is 3.78. The van der Waals surface area contributed by atoms with Crippen LogP contribution in [0.15, 0.2) is 36.0 Å². The van der Waals surface area contributed by atoms with Gasteiger partial charge in [-0.15, -0.1) is 16.4 Å². The Bertz CT molecular complexity index is 1270. The van der Waals surface area contributed by atoms with Gasteiger partial charge in [0.25, 0.3) is 0 Å². The summed E-state index contributed by atoms with van der Waals surface area (Å²) in [4.78, 5) is 20.7. The van der Waals surface area contributed by atoms with E-state index in [0.717, 1.165) is 65.9 Å². The van der Waals surface area contributed by atoms with Crippen molar-refractivity contribution in [2.75, 3.05) is 6.54 Å². The molecule has 2 saturated carbocycles. The van der Waals surface area contributed by atoms with Gasteiger partial charge in [0.2, 0.25) is 5.91 Å². The van der Waals surface area contributed by atoms with E-state index in [1.807, 2.05) is 35.4 Å². The van der Waals surface area contributed by atoms with Gasteiger partial charge in [0, 0.05) is 25.2 Å². The number of likely N-dealkylation sites (tertiary alicyclic amines) is 1. The largest absolute Gasteiger partial charge is 0.392 e. The second-order valence-corrected chi connectivity index (χ2v) is 12.3. The zero-order valence-electron chi connectivity index (χ0n) is 22.4. The SMILES string of the molecule is Cc1ncsc1-c1ccc(CNC(=O)[C@@H]2C[C@@H](O)CN2C(O)[C@H](C2CCCCC2)n2cc(C3CC3)nn2)cc1. The van der Waals surface area contributed by atoms with Gasteiger partial charge in [0.05, 0.1) is 40.0 Å². The first-order chi connectivity index (χ1) is 19.0. The minimum atomic E-state index is -0.934. The number of nitrogens with zero attached hydrogens (tertiary/aromatic N) is 5. The molecule has 39 heavy (non-hydrogen) atoms. The lowest BCUT2D eigenvalue weighted by atomic mass is 9.83. The summed E-state index contributed by atoms with van der Waals surface area (Å²) in [6.07, 6.45) is 8.50. The fraction of sp³-hybridized carbons (Fsp3) is 0.586. The van der Waals surface area contributed by atoms with Crippen LogP contribution in [0.5, 0.6) is 0 Å². The first-order valence-electron chi connectivity index (χ1n) is 14.3. The molecule has 4 atom stereocenters. The molecule has 1 aromatic carbocycles. The first kappa shape index (κ1) is 26.6. The number of β-amino-alcohol motifs (C(OH)–C–C–N with tert-alkyl or cyclic N) is 1. The van der Waals surface area contributed by atoms with Crippen molar-refractivity contribution in [3.05, 3.63) is 52.9 Å². The van der Waals surface area contributed by atoms with E-state index >= 15 is 0 Å². The number of aliphatic hydroxyl groups is 2. The summed E-state index contributed by atoms with van der Waals surface area (Å²) >= 11 is 1.62. The van der Waals surface area contributed by atoms with Gasteiger partial charge >= 0.3 is 0 Å². The summed E-state index contributed by atoms with van der Waals surface area (Å²) in [5.41, 5.74) is 5.97. The molecule has 3 N–H and O–H groups in total. The van der Waals surface area contributed by atoms with E-state index in [9.17, 15) is 15.0 Å². The summed E-state index contributed by atoms with van der Waals surface area (Å²) in [5, 5.41) is 34.3. The van der Waals surface area contributed by atoms with E-state index in [1.54, 1.807) is 16.2 Å². The number of carbonyl (C=O) groups is 1. The molecule has 10 heteroatoms. The minimum Gasteiger partial charge on any atom is -0.392 e. The molecular formula is C29H38N6O3S. The number of hydrogen-bond acceptors (Lipinski definition) is 8. The maximum atomic E-state index is 13.4. The number of nitrogens with one attached hydrogen (secondary N) is 1. The molecule has 208 valence electrons. The van der Waals surface area contributed by atoms with E-state index in [4.69, 9.17) is 0 Å². The Labute approximate surface area is 233 Å². The number of aromatic nitrogens is 4. The highest BCUT2D eigenvalue weighted by Gasteiger charge is 2.45. The molecule has 1 saturated heterocycles. The van der Waals surface area contributed by atoms with Crippen LogP contribution in [-0.4, -0.2) is 65.9 Å². The Balaban J connectivity index is 1.15. The van der Waals surface area contributed by atoms with Crippen LogP contribution >= 0.6 is 11.3 Å². The number of aryl methyl sites for hydroxylation is 1. The Morgan fingerprint density at radius 1 is 1.15 bits per heavy atom. The van der Waals surface area contributed by atoms with E-state index in [1.165, 1.54) is 6.42 Å². The summed E-state index contributed by atoms with van der Waals surface area (Å²) in [6.45, 7) is 2.65. The first-order valence-corrected chi connectivity index (χ1v) is 15.2. The summed E-state index contributed by atoms with van der Waals surface area (Å²) in [6, 6.07) is 7.25. The summed E-state index contributed by atoms with van der Waals surface area (Å²) < 4.78 is 1.85. The number of rotatable bonds is 9. The Morgan fingerprint density at radius 2 is 1.92 bits per heavy atom. The molecule has 2 aromatic heterocycles. The van der Waals surface area contributed by atoms with Gasteiger partial charge in [-0.1, -0.05) is 48.7 Å². The smallest absolute Gasteiger partial charge is 0.237 e.